The van der Waals surface area contributed by atoms with E-state index in [0.717, 1.165) is 11.3 Å². The number of halogens is 1. The summed E-state index contributed by atoms with van der Waals surface area (Å²) in [6.45, 7) is 1.65. The van der Waals surface area contributed by atoms with Crippen LogP contribution in [0.25, 0.3) is 0 Å². The van der Waals surface area contributed by atoms with Gasteiger partial charge < -0.3 is 24.4 Å². The molecular formula is C18H21BrN2O7. The second kappa shape index (κ2) is 10.2. The van der Waals surface area contributed by atoms with Crippen molar-refractivity contribution in [2.45, 2.75) is 25.7 Å². The number of methoxy groups -OCH3 is 1. The molecule has 0 amide bonds. The van der Waals surface area contributed by atoms with Gasteiger partial charge in [-0.2, -0.15) is 5.10 Å². The number of aromatic nitrogens is 2. The third-order valence-electron chi connectivity index (χ3n) is 3.69. The zero-order valence-electron chi connectivity index (χ0n) is 15.4. The van der Waals surface area contributed by atoms with E-state index < -0.39 is 18.2 Å². The number of aliphatic carboxylic acids is 1. The number of aliphatic hydroxyl groups excluding tert-OH is 1. The Morgan fingerprint density at radius 1 is 1.29 bits per heavy atom. The van der Waals surface area contributed by atoms with Crippen LogP contribution in [0.3, 0.4) is 0 Å². The van der Waals surface area contributed by atoms with Crippen LogP contribution < -0.4 is 15.0 Å². The van der Waals surface area contributed by atoms with Crippen LogP contribution in [0.15, 0.2) is 39.7 Å². The van der Waals surface area contributed by atoms with Crippen LogP contribution in [0.2, 0.25) is 0 Å². The highest BCUT2D eigenvalue weighted by molar-refractivity contribution is 9.10. The first kappa shape index (κ1) is 21.9. The van der Waals surface area contributed by atoms with E-state index in [2.05, 4.69) is 21.0 Å². The minimum absolute atomic E-state index is 0.0334. The number of carbonyl (C=O) groups is 1. The van der Waals surface area contributed by atoms with Crippen LogP contribution in [0.4, 0.5) is 0 Å². The Bertz CT molecular complexity index is 854. The molecule has 2 unspecified atom stereocenters. The molecule has 0 fully saturated rings. The number of benzene rings is 1. The standard InChI is InChI=1S/C18H21BrN2O7/c1-11(9-27-10-14(22)18(24)25)28-15-7-20-21(17(23)16(15)19)8-12-3-5-13(26-2)6-4-12/h3-7,11,14,22H,8-10H2,1-2H3,(H,24,25). The van der Waals surface area contributed by atoms with Crippen molar-refractivity contribution in [2.24, 2.45) is 0 Å². The zero-order valence-corrected chi connectivity index (χ0v) is 17.0. The molecule has 10 heteroatoms. The lowest BCUT2D eigenvalue weighted by molar-refractivity contribution is -0.150. The Morgan fingerprint density at radius 3 is 2.57 bits per heavy atom. The summed E-state index contributed by atoms with van der Waals surface area (Å²) in [4.78, 5) is 23.0. The molecule has 1 aromatic heterocycles. The van der Waals surface area contributed by atoms with Crippen LogP contribution >= 0.6 is 15.9 Å². The van der Waals surface area contributed by atoms with E-state index >= 15 is 0 Å². The van der Waals surface area contributed by atoms with Gasteiger partial charge in [-0.15, -0.1) is 0 Å². The molecule has 0 aliphatic heterocycles. The fraction of sp³-hybridized carbons (Fsp3) is 0.389. The molecule has 0 aliphatic carbocycles. The molecule has 0 bridgehead atoms. The van der Waals surface area contributed by atoms with E-state index in [1.165, 1.54) is 10.9 Å². The first-order valence-corrected chi connectivity index (χ1v) is 9.15. The van der Waals surface area contributed by atoms with Gasteiger partial charge in [-0.1, -0.05) is 12.1 Å². The molecule has 0 radical (unpaired) electrons. The summed E-state index contributed by atoms with van der Waals surface area (Å²) in [5, 5.41) is 21.9. The van der Waals surface area contributed by atoms with E-state index in [-0.39, 0.29) is 35.5 Å². The predicted octanol–water partition coefficient (Wildman–Crippen LogP) is 1.29. The number of ether oxygens (including phenoxy) is 3. The number of hydrogen-bond acceptors (Lipinski definition) is 7. The summed E-state index contributed by atoms with van der Waals surface area (Å²) in [6.07, 6.45) is -0.671. The summed E-state index contributed by atoms with van der Waals surface area (Å²) in [6, 6.07) is 7.29. The zero-order chi connectivity index (χ0) is 20.7. The third kappa shape index (κ3) is 6.04. The Hall–Kier alpha value is -2.43. The van der Waals surface area contributed by atoms with Gasteiger partial charge in [0.15, 0.2) is 11.9 Å². The van der Waals surface area contributed by atoms with Crippen LogP contribution in [0.5, 0.6) is 11.5 Å². The van der Waals surface area contributed by atoms with Gasteiger partial charge in [0.2, 0.25) is 0 Å². The van der Waals surface area contributed by atoms with E-state index in [1.807, 2.05) is 12.1 Å². The SMILES string of the molecule is COc1ccc(Cn2ncc(OC(C)COCC(O)C(=O)O)c(Br)c2=O)cc1. The van der Waals surface area contributed by atoms with E-state index in [0.29, 0.717) is 0 Å². The van der Waals surface area contributed by atoms with Crippen molar-refractivity contribution in [1.82, 2.24) is 9.78 Å². The molecule has 0 saturated carbocycles. The van der Waals surface area contributed by atoms with Crippen molar-refractivity contribution in [1.29, 1.82) is 0 Å². The number of aliphatic hydroxyl groups is 1. The monoisotopic (exact) mass is 456 g/mol. The number of carboxylic acids is 1. The van der Waals surface area contributed by atoms with Crippen LogP contribution in [-0.4, -0.2) is 58.5 Å². The van der Waals surface area contributed by atoms with Crippen molar-refractivity contribution in [3.8, 4) is 11.5 Å². The lowest BCUT2D eigenvalue weighted by Gasteiger charge is -2.17. The molecule has 2 atom stereocenters. The van der Waals surface area contributed by atoms with E-state index in [1.54, 1.807) is 26.2 Å². The normalized spacial score (nSPS) is 13.0. The number of nitrogens with zero attached hydrogens (tertiary/aromatic N) is 2. The van der Waals surface area contributed by atoms with Gasteiger partial charge in [0.25, 0.3) is 5.56 Å². The molecule has 2 N–H and O–H groups in total. The molecule has 2 rings (SSSR count). The highest BCUT2D eigenvalue weighted by atomic mass is 79.9. The molecule has 9 nitrogen and oxygen atoms in total. The van der Waals surface area contributed by atoms with E-state index in [4.69, 9.17) is 24.4 Å². The van der Waals surface area contributed by atoms with Gasteiger partial charge in [-0.25, -0.2) is 9.48 Å². The first-order valence-electron chi connectivity index (χ1n) is 8.35. The summed E-state index contributed by atoms with van der Waals surface area (Å²) in [5.41, 5.74) is 0.525. The molecule has 28 heavy (non-hydrogen) atoms. The molecule has 152 valence electrons. The van der Waals surface area contributed by atoms with E-state index in [9.17, 15) is 9.59 Å². The summed E-state index contributed by atoms with van der Waals surface area (Å²) >= 11 is 3.23. The fourth-order valence-corrected chi connectivity index (χ4v) is 2.62. The molecular weight excluding hydrogens is 436 g/mol. The van der Waals surface area contributed by atoms with Gasteiger partial charge in [-0.05, 0) is 40.5 Å². The maximum Gasteiger partial charge on any atom is 0.334 e. The highest BCUT2D eigenvalue weighted by Crippen LogP contribution is 2.21. The quantitative estimate of drug-likeness (QED) is 0.548. The van der Waals surface area contributed by atoms with Crippen molar-refractivity contribution in [3.05, 3.63) is 50.9 Å². The Balaban J connectivity index is 1.98. The summed E-state index contributed by atoms with van der Waals surface area (Å²) in [7, 11) is 1.58. The molecule has 1 heterocycles. The molecule has 0 saturated heterocycles. The first-order chi connectivity index (χ1) is 13.3. The third-order valence-corrected chi connectivity index (χ3v) is 4.42. The van der Waals surface area contributed by atoms with Crippen molar-refractivity contribution in [3.63, 3.8) is 0 Å². The maximum absolute atomic E-state index is 12.5. The van der Waals surface area contributed by atoms with Crippen LogP contribution in [0, 0.1) is 0 Å². The van der Waals surface area contributed by atoms with Gasteiger partial charge in [-0.3, -0.25) is 4.79 Å². The Morgan fingerprint density at radius 2 is 1.96 bits per heavy atom. The van der Waals surface area contributed by atoms with Gasteiger partial charge in [0.05, 0.1) is 33.1 Å². The number of rotatable bonds is 10. The summed E-state index contributed by atoms with van der Waals surface area (Å²) in [5.74, 6) is -0.395. The minimum atomic E-state index is -1.59. The van der Waals surface area contributed by atoms with Crippen molar-refractivity contribution < 1.29 is 29.2 Å². The minimum Gasteiger partial charge on any atom is -0.497 e. The van der Waals surface area contributed by atoms with Crippen LogP contribution in [-0.2, 0) is 16.1 Å². The predicted molar refractivity (Wildman–Crippen MR) is 103 cm³/mol. The Kier molecular flexibility index (Phi) is 7.97. The topological polar surface area (TPSA) is 120 Å². The molecule has 0 aliphatic rings. The van der Waals surface area contributed by atoms with Gasteiger partial charge in [0, 0.05) is 0 Å². The largest absolute Gasteiger partial charge is 0.497 e. The fourth-order valence-electron chi connectivity index (χ4n) is 2.22. The van der Waals surface area contributed by atoms with Gasteiger partial charge >= 0.3 is 5.97 Å². The molecule has 2 aromatic rings. The second-order valence-corrected chi connectivity index (χ2v) is 6.75. The lowest BCUT2D eigenvalue weighted by Crippen LogP contribution is -2.29. The van der Waals surface area contributed by atoms with Crippen molar-refractivity contribution >= 4 is 21.9 Å². The maximum atomic E-state index is 12.5. The van der Waals surface area contributed by atoms with Crippen molar-refractivity contribution in [2.75, 3.05) is 20.3 Å². The van der Waals surface area contributed by atoms with Gasteiger partial charge in [0.1, 0.15) is 16.3 Å². The number of hydrogen-bond donors (Lipinski definition) is 2. The molecule has 1 aromatic carbocycles. The van der Waals surface area contributed by atoms with Crippen LogP contribution in [0.1, 0.15) is 12.5 Å². The molecule has 0 spiro atoms. The number of carboxylic acid groups (broad SMARTS) is 1. The lowest BCUT2D eigenvalue weighted by atomic mass is 10.2. The highest BCUT2D eigenvalue weighted by Gasteiger charge is 2.16. The average molecular weight is 457 g/mol. The second-order valence-electron chi connectivity index (χ2n) is 5.95. The summed E-state index contributed by atoms with van der Waals surface area (Å²) < 4.78 is 17.3. The smallest absolute Gasteiger partial charge is 0.334 e. The average Bonchev–Trinajstić information content (AvgIpc) is 2.68. The Labute approximate surface area is 169 Å².